The van der Waals surface area contributed by atoms with Crippen LogP contribution in [0.25, 0.3) is 0 Å². The van der Waals surface area contributed by atoms with E-state index >= 15 is 0 Å². The molecule has 3 unspecified atom stereocenters. The molecule has 1 N–H and O–H groups in total. The minimum Gasteiger partial charge on any atom is -0.495 e. The summed E-state index contributed by atoms with van der Waals surface area (Å²) in [6, 6.07) is 8.18. The molecule has 1 aromatic carbocycles. The Balaban J connectivity index is 0.00000300. The predicted molar refractivity (Wildman–Crippen MR) is 126 cm³/mol. The molecule has 3 atom stereocenters. The van der Waals surface area contributed by atoms with Crippen LogP contribution in [0.3, 0.4) is 0 Å². The molecule has 29 heavy (non-hydrogen) atoms. The monoisotopic (exact) mass is 516 g/mol. The number of carbonyl (C=O) groups excluding carboxylic acids is 1. The number of nitrogens with zero attached hydrogens (tertiary/aromatic N) is 3. The van der Waals surface area contributed by atoms with Gasteiger partial charge in [0.1, 0.15) is 5.75 Å². The van der Waals surface area contributed by atoms with Crippen LogP contribution in [0.2, 0.25) is 0 Å². The van der Waals surface area contributed by atoms with Crippen molar-refractivity contribution in [3.63, 3.8) is 0 Å². The Morgan fingerprint density at radius 1 is 1.24 bits per heavy atom. The zero-order valence-electron chi connectivity index (χ0n) is 17.8. The third kappa shape index (κ3) is 5.46. The van der Waals surface area contributed by atoms with Gasteiger partial charge < -0.3 is 24.6 Å². The van der Waals surface area contributed by atoms with Gasteiger partial charge in [-0.05, 0) is 30.4 Å². The lowest BCUT2D eigenvalue weighted by Crippen LogP contribution is -2.42. The van der Waals surface area contributed by atoms with Crippen LogP contribution in [0.4, 0.5) is 5.69 Å². The fraction of sp³-hybridized carbons (Fsp3) is 0.619. The lowest BCUT2D eigenvalue weighted by Gasteiger charge is -2.24. The van der Waals surface area contributed by atoms with Crippen LogP contribution in [0.5, 0.6) is 5.75 Å². The van der Waals surface area contributed by atoms with E-state index in [9.17, 15) is 4.79 Å². The van der Waals surface area contributed by atoms with Crippen LogP contribution in [0, 0.1) is 17.8 Å². The normalized spacial score (nSPS) is 24.3. The number of anilines is 1. The summed E-state index contributed by atoms with van der Waals surface area (Å²) >= 11 is 0. The second-order valence-electron chi connectivity index (χ2n) is 7.71. The summed E-state index contributed by atoms with van der Waals surface area (Å²) in [5.41, 5.74) is 1.16. The van der Waals surface area contributed by atoms with Crippen LogP contribution >= 0.6 is 24.0 Å². The molecule has 162 valence electrons. The number of benzene rings is 1. The minimum absolute atomic E-state index is 0. The van der Waals surface area contributed by atoms with Crippen molar-refractivity contribution in [1.82, 2.24) is 10.2 Å². The number of para-hydroxylation sites is 2. The van der Waals surface area contributed by atoms with Gasteiger partial charge in [0.05, 0.1) is 25.8 Å². The van der Waals surface area contributed by atoms with Gasteiger partial charge in [-0.25, -0.2) is 0 Å². The van der Waals surface area contributed by atoms with Gasteiger partial charge in [0.25, 0.3) is 0 Å². The van der Waals surface area contributed by atoms with Crippen molar-refractivity contribution in [3.05, 3.63) is 24.3 Å². The Bertz CT molecular complexity index is 715. The van der Waals surface area contributed by atoms with Crippen LogP contribution in [0.1, 0.15) is 13.3 Å². The molecule has 2 fully saturated rings. The van der Waals surface area contributed by atoms with Gasteiger partial charge in [0, 0.05) is 39.8 Å². The first kappa shape index (κ1) is 23.6. The van der Waals surface area contributed by atoms with Crippen molar-refractivity contribution in [1.29, 1.82) is 0 Å². The molecule has 0 spiro atoms. The molecule has 0 aromatic heterocycles. The largest absolute Gasteiger partial charge is 0.495 e. The van der Waals surface area contributed by atoms with Crippen molar-refractivity contribution in [3.8, 4) is 5.75 Å². The van der Waals surface area contributed by atoms with Crippen molar-refractivity contribution in [2.24, 2.45) is 22.7 Å². The molecule has 8 heteroatoms. The molecule has 2 aliphatic rings. The summed E-state index contributed by atoms with van der Waals surface area (Å²) in [5.74, 6) is 2.38. The maximum absolute atomic E-state index is 11.9. The molecule has 2 saturated heterocycles. The minimum atomic E-state index is -0.131. The number of ether oxygens (including phenoxy) is 2. The standard InChI is InChI=1S/C21H32N4O3.HI/c1-15-12-25(14-17(15)20(26)28-4)21(22-2)23-11-16-9-10-24(13-16)18-7-5-6-8-19(18)27-3;/h5-8,15-17H,9-14H2,1-4H3,(H,22,23);1H. The number of hydrogen-bond acceptors (Lipinski definition) is 5. The van der Waals surface area contributed by atoms with Gasteiger partial charge in [-0.2, -0.15) is 0 Å². The number of methoxy groups -OCH3 is 2. The summed E-state index contributed by atoms with van der Waals surface area (Å²) in [5, 5.41) is 3.52. The highest BCUT2D eigenvalue weighted by Crippen LogP contribution is 2.32. The zero-order chi connectivity index (χ0) is 20.1. The molecular weight excluding hydrogens is 483 g/mol. The molecule has 7 nitrogen and oxygen atoms in total. The molecule has 0 bridgehead atoms. The van der Waals surface area contributed by atoms with E-state index < -0.39 is 0 Å². The van der Waals surface area contributed by atoms with Crippen LogP contribution in [-0.2, 0) is 9.53 Å². The quantitative estimate of drug-likeness (QED) is 0.281. The molecule has 2 aliphatic heterocycles. The molecule has 0 aliphatic carbocycles. The van der Waals surface area contributed by atoms with Crippen molar-refractivity contribution < 1.29 is 14.3 Å². The SMILES string of the molecule is CN=C(NCC1CCN(c2ccccc2OC)C1)N1CC(C)C(C(=O)OC)C1.I. The number of guanidine groups is 1. The summed E-state index contributed by atoms with van der Waals surface area (Å²) in [7, 11) is 4.98. The average molecular weight is 516 g/mol. The lowest BCUT2D eigenvalue weighted by atomic mass is 9.99. The molecule has 0 amide bonds. The summed E-state index contributed by atoms with van der Waals surface area (Å²) < 4.78 is 10.4. The number of likely N-dealkylation sites (tertiary alicyclic amines) is 1. The first-order chi connectivity index (χ1) is 13.6. The maximum Gasteiger partial charge on any atom is 0.310 e. The number of esters is 1. The summed E-state index contributed by atoms with van der Waals surface area (Å²) in [6.45, 7) is 6.45. The fourth-order valence-corrected chi connectivity index (χ4v) is 4.27. The summed E-state index contributed by atoms with van der Waals surface area (Å²) in [6.07, 6.45) is 1.13. The molecule has 1 aromatic rings. The van der Waals surface area contributed by atoms with Crippen LogP contribution in [0.15, 0.2) is 29.3 Å². The second kappa shape index (κ2) is 10.9. The Labute approximate surface area is 190 Å². The summed E-state index contributed by atoms with van der Waals surface area (Å²) in [4.78, 5) is 20.9. The smallest absolute Gasteiger partial charge is 0.310 e. The van der Waals surface area contributed by atoms with Crippen LogP contribution < -0.4 is 15.0 Å². The predicted octanol–water partition coefficient (Wildman–Crippen LogP) is 2.46. The van der Waals surface area contributed by atoms with E-state index in [-0.39, 0.29) is 41.8 Å². The van der Waals surface area contributed by atoms with Crippen molar-refractivity contribution >= 4 is 41.6 Å². The van der Waals surface area contributed by atoms with Gasteiger partial charge in [0.15, 0.2) is 5.96 Å². The second-order valence-corrected chi connectivity index (χ2v) is 7.71. The van der Waals surface area contributed by atoms with E-state index in [4.69, 9.17) is 9.47 Å². The van der Waals surface area contributed by atoms with E-state index in [0.717, 1.165) is 50.0 Å². The van der Waals surface area contributed by atoms with Gasteiger partial charge in [-0.15, -0.1) is 24.0 Å². The lowest BCUT2D eigenvalue weighted by molar-refractivity contribution is -0.145. The third-order valence-electron chi connectivity index (χ3n) is 5.89. The van der Waals surface area contributed by atoms with Gasteiger partial charge in [0.2, 0.25) is 0 Å². The molecule has 0 radical (unpaired) electrons. The molecule has 2 heterocycles. The number of halogens is 1. The number of hydrogen-bond donors (Lipinski definition) is 1. The van der Waals surface area contributed by atoms with Gasteiger partial charge >= 0.3 is 5.97 Å². The van der Waals surface area contributed by atoms with E-state index in [2.05, 4.69) is 39.2 Å². The Hall–Kier alpha value is -1.71. The molecular formula is C21H33IN4O3. The first-order valence-corrected chi connectivity index (χ1v) is 9.98. The number of rotatable bonds is 5. The first-order valence-electron chi connectivity index (χ1n) is 9.98. The highest BCUT2D eigenvalue weighted by Gasteiger charge is 2.37. The van der Waals surface area contributed by atoms with E-state index in [1.165, 1.54) is 7.11 Å². The maximum atomic E-state index is 11.9. The van der Waals surface area contributed by atoms with E-state index in [0.29, 0.717) is 12.5 Å². The van der Waals surface area contributed by atoms with Gasteiger partial charge in [-0.3, -0.25) is 9.79 Å². The number of aliphatic imine (C=N–C) groups is 1. The molecule has 3 rings (SSSR count). The van der Waals surface area contributed by atoms with Crippen molar-refractivity contribution in [2.45, 2.75) is 13.3 Å². The Morgan fingerprint density at radius 2 is 2.00 bits per heavy atom. The highest BCUT2D eigenvalue weighted by atomic mass is 127. The topological polar surface area (TPSA) is 66.4 Å². The number of nitrogens with one attached hydrogen (secondary N) is 1. The number of carbonyl (C=O) groups is 1. The van der Waals surface area contributed by atoms with E-state index in [1.54, 1.807) is 14.2 Å². The van der Waals surface area contributed by atoms with Crippen LogP contribution in [-0.4, -0.2) is 70.8 Å². The molecule has 0 saturated carbocycles. The Morgan fingerprint density at radius 3 is 2.69 bits per heavy atom. The fourth-order valence-electron chi connectivity index (χ4n) is 4.27. The van der Waals surface area contributed by atoms with E-state index in [1.807, 2.05) is 12.1 Å². The van der Waals surface area contributed by atoms with Gasteiger partial charge in [-0.1, -0.05) is 19.1 Å². The zero-order valence-corrected chi connectivity index (χ0v) is 20.1. The average Bonchev–Trinajstić information content (AvgIpc) is 3.35. The highest BCUT2D eigenvalue weighted by molar-refractivity contribution is 14.0. The Kier molecular flexibility index (Phi) is 8.85. The van der Waals surface area contributed by atoms with Crippen molar-refractivity contribution in [2.75, 3.05) is 58.9 Å². The third-order valence-corrected chi connectivity index (χ3v) is 5.89.